The molecular formula is C16H23ClN2O. The van der Waals surface area contributed by atoms with Crippen molar-refractivity contribution in [2.24, 2.45) is 0 Å². The number of carbonyl (C=O) groups excluding carboxylic acids is 1. The van der Waals surface area contributed by atoms with Gasteiger partial charge in [-0.25, -0.2) is 0 Å². The van der Waals surface area contributed by atoms with E-state index < -0.39 is 0 Å². The number of amides is 1. The number of carbonyl (C=O) groups is 1. The van der Waals surface area contributed by atoms with Gasteiger partial charge in [-0.1, -0.05) is 23.7 Å². The molecule has 1 N–H and O–H groups in total. The summed E-state index contributed by atoms with van der Waals surface area (Å²) in [5.74, 6) is 0.274. The van der Waals surface area contributed by atoms with E-state index in [1.54, 1.807) is 0 Å². The van der Waals surface area contributed by atoms with Crippen LogP contribution in [0.5, 0.6) is 0 Å². The van der Waals surface area contributed by atoms with Gasteiger partial charge in [-0.15, -0.1) is 0 Å². The van der Waals surface area contributed by atoms with Crippen LogP contribution in [0.3, 0.4) is 0 Å². The average Bonchev–Trinajstić information content (AvgIpc) is 2.48. The molecule has 0 bridgehead atoms. The molecule has 0 saturated carbocycles. The van der Waals surface area contributed by atoms with Crippen LogP contribution in [0.2, 0.25) is 5.02 Å². The number of likely N-dealkylation sites (tertiary alicyclic amines) is 1. The standard InChI is InChI=1S/C16H23ClN2O/c1-13(14-6-5-7-15(17)12-14)18-9-8-16(20)19-10-3-2-4-11-19/h5-7,12-13,18H,2-4,8-11H2,1H3. The van der Waals surface area contributed by atoms with Crippen LogP contribution >= 0.6 is 11.6 Å². The maximum absolute atomic E-state index is 12.0. The molecule has 1 atom stereocenters. The van der Waals surface area contributed by atoms with E-state index in [4.69, 9.17) is 11.6 Å². The van der Waals surface area contributed by atoms with Gasteiger partial charge in [0.25, 0.3) is 0 Å². The van der Waals surface area contributed by atoms with Crippen LogP contribution in [0.25, 0.3) is 0 Å². The Hall–Kier alpha value is -1.06. The number of hydrogen-bond donors (Lipinski definition) is 1. The molecule has 20 heavy (non-hydrogen) atoms. The summed E-state index contributed by atoms with van der Waals surface area (Å²) < 4.78 is 0. The van der Waals surface area contributed by atoms with Crippen molar-refractivity contribution in [1.82, 2.24) is 10.2 Å². The highest BCUT2D eigenvalue weighted by Gasteiger charge is 2.16. The Balaban J connectivity index is 1.73. The molecule has 0 radical (unpaired) electrons. The lowest BCUT2D eigenvalue weighted by Gasteiger charge is -2.27. The SMILES string of the molecule is CC(NCCC(=O)N1CCCCC1)c1cccc(Cl)c1. The predicted molar refractivity (Wildman–Crippen MR) is 82.9 cm³/mol. The maximum Gasteiger partial charge on any atom is 0.223 e. The van der Waals surface area contributed by atoms with Crippen LogP contribution in [0.4, 0.5) is 0 Å². The highest BCUT2D eigenvalue weighted by atomic mass is 35.5. The molecule has 4 heteroatoms. The third kappa shape index (κ3) is 4.50. The molecule has 0 aromatic heterocycles. The van der Waals surface area contributed by atoms with Crippen LogP contribution in [0.1, 0.15) is 44.2 Å². The Kier molecular flexibility index (Phi) is 5.86. The summed E-state index contributed by atoms with van der Waals surface area (Å²) in [6, 6.07) is 8.05. The molecule has 0 spiro atoms. The monoisotopic (exact) mass is 294 g/mol. The lowest BCUT2D eigenvalue weighted by atomic mass is 10.1. The summed E-state index contributed by atoms with van der Waals surface area (Å²) in [5.41, 5.74) is 1.16. The van der Waals surface area contributed by atoms with Gasteiger partial charge in [0.05, 0.1) is 0 Å². The van der Waals surface area contributed by atoms with Crippen molar-refractivity contribution in [3.8, 4) is 0 Å². The van der Waals surface area contributed by atoms with Gasteiger partial charge in [0.15, 0.2) is 0 Å². The number of halogens is 1. The Morgan fingerprint density at radius 2 is 2.10 bits per heavy atom. The Morgan fingerprint density at radius 3 is 2.80 bits per heavy atom. The van der Waals surface area contributed by atoms with Crippen molar-refractivity contribution in [1.29, 1.82) is 0 Å². The second kappa shape index (κ2) is 7.65. The molecule has 1 aliphatic heterocycles. The van der Waals surface area contributed by atoms with E-state index in [1.807, 2.05) is 23.1 Å². The summed E-state index contributed by atoms with van der Waals surface area (Å²) in [4.78, 5) is 14.0. The smallest absolute Gasteiger partial charge is 0.223 e. The number of nitrogens with zero attached hydrogens (tertiary/aromatic N) is 1. The minimum absolute atomic E-state index is 0.211. The molecule has 3 nitrogen and oxygen atoms in total. The molecule has 1 saturated heterocycles. The number of hydrogen-bond acceptors (Lipinski definition) is 2. The Morgan fingerprint density at radius 1 is 1.35 bits per heavy atom. The Bertz CT molecular complexity index is 444. The summed E-state index contributed by atoms with van der Waals surface area (Å²) in [7, 11) is 0. The van der Waals surface area contributed by atoms with E-state index in [0.29, 0.717) is 13.0 Å². The van der Waals surface area contributed by atoms with Gasteiger partial charge >= 0.3 is 0 Å². The molecule has 2 rings (SSSR count). The van der Waals surface area contributed by atoms with Gasteiger partial charge in [-0.05, 0) is 43.9 Å². The number of piperidine rings is 1. The number of rotatable bonds is 5. The van der Waals surface area contributed by atoms with Crippen LogP contribution in [0, 0.1) is 0 Å². The van der Waals surface area contributed by atoms with Gasteiger partial charge in [-0.3, -0.25) is 4.79 Å². The van der Waals surface area contributed by atoms with Crippen LogP contribution in [0.15, 0.2) is 24.3 Å². The highest BCUT2D eigenvalue weighted by molar-refractivity contribution is 6.30. The maximum atomic E-state index is 12.0. The molecule has 1 aromatic rings. The first-order valence-corrected chi connectivity index (χ1v) is 7.81. The van der Waals surface area contributed by atoms with E-state index in [2.05, 4.69) is 18.3 Å². The Labute approximate surface area is 126 Å². The van der Waals surface area contributed by atoms with Gasteiger partial charge in [0.1, 0.15) is 0 Å². The fourth-order valence-corrected chi connectivity index (χ4v) is 2.79. The van der Waals surface area contributed by atoms with E-state index in [0.717, 1.165) is 36.5 Å². The van der Waals surface area contributed by atoms with Crippen molar-refractivity contribution in [3.05, 3.63) is 34.9 Å². The number of benzene rings is 1. The molecule has 0 aliphatic carbocycles. The summed E-state index contributed by atoms with van der Waals surface area (Å²) in [5, 5.41) is 4.14. The molecule has 1 heterocycles. The molecule has 1 fully saturated rings. The van der Waals surface area contributed by atoms with Crippen LogP contribution in [-0.4, -0.2) is 30.4 Å². The molecule has 110 valence electrons. The van der Waals surface area contributed by atoms with Gasteiger partial charge in [-0.2, -0.15) is 0 Å². The second-order valence-electron chi connectivity index (χ2n) is 5.42. The second-order valence-corrected chi connectivity index (χ2v) is 5.86. The lowest BCUT2D eigenvalue weighted by molar-refractivity contribution is -0.132. The van der Waals surface area contributed by atoms with E-state index in [1.165, 1.54) is 6.42 Å². The van der Waals surface area contributed by atoms with Crippen molar-refractivity contribution in [3.63, 3.8) is 0 Å². The summed E-state index contributed by atoms with van der Waals surface area (Å²) in [6.45, 7) is 4.67. The van der Waals surface area contributed by atoms with Crippen LogP contribution in [-0.2, 0) is 4.79 Å². The third-order valence-corrected chi connectivity index (χ3v) is 4.08. The highest BCUT2D eigenvalue weighted by Crippen LogP contribution is 2.17. The summed E-state index contributed by atoms with van der Waals surface area (Å²) in [6.07, 6.45) is 4.13. The zero-order valence-electron chi connectivity index (χ0n) is 12.1. The first kappa shape index (κ1) is 15.3. The zero-order chi connectivity index (χ0) is 14.4. The van der Waals surface area contributed by atoms with Crippen molar-refractivity contribution < 1.29 is 4.79 Å². The first-order valence-electron chi connectivity index (χ1n) is 7.43. The first-order chi connectivity index (χ1) is 9.66. The average molecular weight is 295 g/mol. The molecule has 1 aromatic carbocycles. The molecular weight excluding hydrogens is 272 g/mol. The van der Waals surface area contributed by atoms with Gasteiger partial charge < -0.3 is 10.2 Å². The normalized spacial score (nSPS) is 17.0. The van der Waals surface area contributed by atoms with E-state index in [9.17, 15) is 4.79 Å². The van der Waals surface area contributed by atoms with Crippen molar-refractivity contribution in [2.45, 2.75) is 38.6 Å². The lowest BCUT2D eigenvalue weighted by Crippen LogP contribution is -2.37. The summed E-state index contributed by atoms with van der Waals surface area (Å²) >= 11 is 5.99. The fraction of sp³-hybridized carbons (Fsp3) is 0.562. The molecule has 1 aliphatic rings. The van der Waals surface area contributed by atoms with Gasteiger partial charge in [0.2, 0.25) is 5.91 Å². The molecule has 1 unspecified atom stereocenters. The third-order valence-electron chi connectivity index (χ3n) is 3.85. The number of nitrogens with one attached hydrogen (secondary N) is 1. The van der Waals surface area contributed by atoms with E-state index >= 15 is 0 Å². The minimum atomic E-state index is 0.211. The largest absolute Gasteiger partial charge is 0.343 e. The topological polar surface area (TPSA) is 32.3 Å². The quantitative estimate of drug-likeness (QED) is 0.903. The molecule has 1 amide bonds. The zero-order valence-corrected chi connectivity index (χ0v) is 12.8. The van der Waals surface area contributed by atoms with Gasteiger partial charge in [0, 0.05) is 37.1 Å². The predicted octanol–water partition coefficient (Wildman–Crippen LogP) is 3.39. The van der Waals surface area contributed by atoms with Crippen molar-refractivity contribution in [2.75, 3.05) is 19.6 Å². The van der Waals surface area contributed by atoms with Crippen molar-refractivity contribution >= 4 is 17.5 Å². The minimum Gasteiger partial charge on any atom is -0.343 e. The van der Waals surface area contributed by atoms with Crippen LogP contribution < -0.4 is 5.32 Å². The fourth-order valence-electron chi connectivity index (χ4n) is 2.59. The van der Waals surface area contributed by atoms with E-state index in [-0.39, 0.29) is 11.9 Å².